The monoisotopic (exact) mass is 508 g/mol. The van der Waals surface area contributed by atoms with Gasteiger partial charge < -0.3 is 15.4 Å². The molecule has 2 aliphatic rings. The molecular weight excluding hydrogens is 468 g/mol. The van der Waals surface area contributed by atoms with E-state index in [1.54, 1.807) is 23.5 Å². The van der Waals surface area contributed by atoms with Crippen molar-refractivity contribution in [3.8, 4) is 0 Å². The summed E-state index contributed by atoms with van der Waals surface area (Å²) in [6.07, 6.45) is 8.52. The third-order valence-corrected chi connectivity index (χ3v) is 8.05. The number of carbonyl (C=O) groups excluding carboxylic acids is 2. The summed E-state index contributed by atoms with van der Waals surface area (Å²) in [5.41, 5.74) is 1.97. The standard InChI is InChI=1S/C25H40N4O3S2/c1-33-19-26-15-24(30)28-23(18-34-17-21-5-3-2-4-6-21)25(31)27-22-9-7-20(8-10-22)16-29-11-13-32-14-12-29/h7-10,21,23,26H,2-6,11-19H2,1H3,(H,27,31)(H,28,30). The molecule has 0 radical (unpaired) electrons. The van der Waals surface area contributed by atoms with Gasteiger partial charge in [-0.25, -0.2) is 0 Å². The molecule has 2 fully saturated rings. The lowest BCUT2D eigenvalue weighted by Crippen LogP contribution is -2.48. The summed E-state index contributed by atoms with van der Waals surface area (Å²) in [7, 11) is 0. The molecule has 3 rings (SSSR count). The van der Waals surface area contributed by atoms with Gasteiger partial charge >= 0.3 is 0 Å². The first-order valence-electron chi connectivity index (χ1n) is 12.4. The van der Waals surface area contributed by atoms with Crippen LogP contribution in [0.5, 0.6) is 0 Å². The fraction of sp³-hybridized carbons (Fsp3) is 0.680. The quantitative estimate of drug-likeness (QED) is 0.279. The van der Waals surface area contributed by atoms with Gasteiger partial charge in [0.2, 0.25) is 11.8 Å². The molecule has 7 nitrogen and oxygen atoms in total. The molecule has 0 aromatic heterocycles. The van der Waals surface area contributed by atoms with E-state index >= 15 is 0 Å². The molecule has 0 spiro atoms. The Balaban J connectivity index is 1.51. The minimum Gasteiger partial charge on any atom is -0.379 e. The van der Waals surface area contributed by atoms with Crippen molar-refractivity contribution in [3.05, 3.63) is 29.8 Å². The van der Waals surface area contributed by atoms with Crippen molar-refractivity contribution in [3.63, 3.8) is 0 Å². The Morgan fingerprint density at radius 2 is 1.85 bits per heavy atom. The average Bonchev–Trinajstić information content (AvgIpc) is 2.86. The molecule has 1 aliphatic heterocycles. The second-order valence-corrected chi connectivity index (χ2v) is 11.0. The highest BCUT2D eigenvalue weighted by molar-refractivity contribution is 7.99. The zero-order valence-corrected chi connectivity index (χ0v) is 22.0. The van der Waals surface area contributed by atoms with Gasteiger partial charge in [0, 0.05) is 37.0 Å². The lowest BCUT2D eigenvalue weighted by Gasteiger charge is -2.26. The van der Waals surface area contributed by atoms with E-state index in [-0.39, 0.29) is 18.4 Å². The molecule has 9 heteroatoms. The van der Waals surface area contributed by atoms with Gasteiger partial charge in [0.1, 0.15) is 6.04 Å². The summed E-state index contributed by atoms with van der Waals surface area (Å²) in [5, 5.41) is 9.02. The molecule has 1 unspecified atom stereocenters. The van der Waals surface area contributed by atoms with E-state index in [1.807, 2.05) is 18.4 Å². The Morgan fingerprint density at radius 1 is 1.12 bits per heavy atom. The number of anilines is 1. The molecule has 0 bridgehead atoms. The minimum absolute atomic E-state index is 0.145. The van der Waals surface area contributed by atoms with Gasteiger partial charge in [0.15, 0.2) is 0 Å². The Labute approximate surface area is 212 Å². The van der Waals surface area contributed by atoms with E-state index in [2.05, 4.69) is 33.0 Å². The SMILES string of the molecule is CSCNCC(=O)NC(CSCC1CCCCC1)C(=O)Nc1ccc(CN2CCOCC2)cc1. The summed E-state index contributed by atoms with van der Waals surface area (Å²) in [6.45, 7) is 4.57. The van der Waals surface area contributed by atoms with E-state index in [0.717, 1.165) is 50.2 Å². The van der Waals surface area contributed by atoms with E-state index in [9.17, 15) is 9.59 Å². The third kappa shape index (κ3) is 10.2. The van der Waals surface area contributed by atoms with Gasteiger partial charge in [0.25, 0.3) is 0 Å². The molecule has 1 atom stereocenters. The van der Waals surface area contributed by atoms with E-state index in [1.165, 1.54) is 37.7 Å². The highest BCUT2D eigenvalue weighted by atomic mass is 32.2. The Hall–Kier alpha value is -1.26. The van der Waals surface area contributed by atoms with Gasteiger partial charge in [0.05, 0.1) is 19.8 Å². The number of ether oxygens (including phenoxy) is 1. The lowest BCUT2D eigenvalue weighted by atomic mass is 9.91. The molecule has 1 saturated heterocycles. The number of hydrogen-bond donors (Lipinski definition) is 3. The van der Waals surface area contributed by atoms with Crippen molar-refractivity contribution in [1.82, 2.24) is 15.5 Å². The number of hydrogen-bond acceptors (Lipinski definition) is 7. The maximum absolute atomic E-state index is 13.1. The van der Waals surface area contributed by atoms with Crippen LogP contribution in [0.3, 0.4) is 0 Å². The summed E-state index contributed by atoms with van der Waals surface area (Å²) in [4.78, 5) is 27.8. The predicted molar refractivity (Wildman–Crippen MR) is 143 cm³/mol. The second-order valence-electron chi connectivity index (χ2n) is 9.10. The molecule has 2 amide bonds. The van der Waals surface area contributed by atoms with Crippen LogP contribution in [-0.2, 0) is 20.9 Å². The van der Waals surface area contributed by atoms with Crippen molar-refractivity contribution in [1.29, 1.82) is 0 Å². The van der Waals surface area contributed by atoms with Gasteiger partial charge in [-0.1, -0.05) is 31.4 Å². The number of benzene rings is 1. The largest absolute Gasteiger partial charge is 0.379 e. The number of amides is 2. The molecule has 1 saturated carbocycles. The zero-order valence-electron chi connectivity index (χ0n) is 20.4. The van der Waals surface area contributed by atoms with Crippen LogP contribution in [0.25, 0.3) is 0 Å². The van der Waals surface area contributed by atoms with Crippen LogP contribution in [0.2, 0.25) is 0 Å². The highest BCUT2D eigenvalue weighted by Crippen LogP contribution is 2.27. The van der Waals surface area contributed by atoms with Crippen LogP contribution in [0.1, 0.15) is 37.7 Å². The summed E-state index contributed by atoms with van der Waals surface area (Å²) < 4.78 is 5.41. The van der Waals surface area contributed by atoms with Crippen molar-refractivity contribution in [2.24, 2.45) is 5.92 Å². The van der Waals surface area contributed by atoms with Gasteiger partial charge in [-0.05, 0) is 48.5 Å². The fourth-order valence-electron chi connectivity index (χ4n) is 4.34. The Morgan fingerprint density at radius 3 is 2.56 bits per heavy atom. The molecule has 34 heavy (non-hydrogen) atoms. The average molecular weight is 509 g/mol. The Bertz CT molecular complexity index is 738. The maximum atomic E-state index is 13.1. The normalized spacial score (nSPS) is 18.4. The number of nitrogens with one attached hydrogen (secondary N) is 3. The first kappa shape index (κ1) is 27.3. The number of thioether (sulfide) groups is 2. The van der Waals surface area contributed by atoms with E-state index in [0.29, 0.717) is 11.6 Å². The third-order valence-electron chi connectivity index (χ3n) is 6.28. The second kappa shape index (κ2) is 15.7. The molecular formula is C25H40N4O3S2. The predicted octanol–water partition coefficient (Wildman–Crippen LogP) is 3.17. The summed E-state index contributed by atoms with van der Waals surface area (Å²) in [5.74, 6) is 2.79. The van der Waals surface area contributed by atoms with Crippen molar-refractivity contribution < 1.29 is 14.3 Å². The summed E-state index contributed by atoms with van der Waals surface area (Å²) in [6, 6.07) is 7.46. The molecule has 190 valence electrons. The maximum Gasteiger partial charge on any atom is 0.247 e. The molecule has 1 aliphatic carbocycles. The fourth-order valence-corrected chi connectivity index (χ4v) is 5.92. The van der Waals surface area contributed by atoms with E-state index in [4.69, 9.17) is 4.74 Å². The Kier molecular flexibility index (Phi) is 12.6. The molecule has 1 aromatic rings. The number of morpholine rings is 1. The van der Waals surface area contributed by atoms with E-state index < -0.39 is 6.04 Å². The first-order chi connectivity index (χ1) is 16.6. The summed E-state index contributed by atoms with van der Waals surface area (Å²) >= 11 is 3.41. The number of nitrogens with zero attached hydrogens (tertiary/aromatic N) is 1. The van der Waals surface area contributed by atoms with Gasteiger partial charge in [-0.3, -0.25) is 19.8 Å². The first-order valence-corrected chi connectivity index (χ1v) is 15.0. The van der Waals surface area contributed by atoms with Crippen molar-refractivity contribution in [2.45, 2.75) is 44.7 Å². The van der Waals surface area contributed by atoms with Crippen LogP contribution < -0.4 is 16.0 Å². The zero-order chi connectivity index (χ0) is 24.0. The van der Waals surface area contributed by atoms with Gasteiger partial charge in [-0.2, -0.15) is 11.8 Å². The molecule has 1 aromatic carbocycles. The smallest absolute Gasteiger partial charge is 0.247 e. The number of carbonyl (C=O) groups is 2. The highest BCUT2D eigenvalue weighted by Gasteiger charge is 2.22. The van der Waals surface area contributed by atoms with Crippen LogP contribution in [0, 0.1) is 5.92 Å². The number of rotatable bonds is 13. The molecule has 3 N–H and O–H groups in total. The topological polar surface area (TPSA) is 82.7 Å². The van der Waals surface area contributed by atoms with Gasteiger partial charge in [-0.15, -0.1) is 11.8 Å². The lowest BCUT2D eigenvalue weighted by molar-refractivity contribution is -0.125. The van der Waals surface area contributed by atoms with Crippen LogP contribution in [-0.4, -0.2) is 79.2 Å². The van der Waals surface area contributed by atoms with Crippen LogP contribution >= 0.6 is 23.5 Å². The van der Waals surface area contributed by atoms with Crippen LogP contribution in [0.4, 0.5) is 5.69 Å². The molecule has 1 heterocycles. The van der Waals surface area contributed by atoms with Crippen LogP contribution in [0.15, 0.2) is 24.3 Å². The van der Waals surface area contributed by atoms with Crippen molar-refractivity contribution in [2.75, 3.05) is 61.8 Å². The van der Waals surface area contributed by atoms with Crippen molar-refractivity contribution >= 4 is 41.0 Å². The minimum atomic E-state index is -0.551.